The molecule has 3 rings (SSSR count). The minimum Gasteiger partial charge on any atom is -0.508 e. The second kappa shape index (κ2) is 9.58. The van der Waals surface area contributed by atoms with Gasteiger partial charge in [0.15, 0.2) is 6.61 Å². The van der Waals surface area contributed by atoms with E-state index in [1.54, 1.807) is 30.6 Å². The molecule has 0 saturated heterocycles. The van der Waals surface area contributed by atoms with E-state index in [2.05, 4.69) is 14.7 Å². The van der Waals surface area contributed by atoms with Crippen LogP contribution in [-0.2, 0) is 22.4 Å². The van der Waals surface area contributed by atoms with Gasteiger partial charge in [-0.05, 0) is 40.5 Å². The Morgan fingerprint density at radius 2 is 1.72 bits per heavy atom. The van der Waals surface area contributed by atoms with E-state index in [9.17, 15) is 9.90 Å². The predicted octanol–water partition coefficient (Wildman–Crippen LogP) is 4.22. The number of benzene rings is 2. The third-order valence-corrected chi connectivity index (χ3v) is 4.91. The van der Waals surface area contributed by atoms with Crippen molar-refractivity contribution in [1.29, 1.82) is 0 Å². The van der Waals surface area contributed by atoms with E-state index in [0.717, 1.165) is 22.3 Å². The maximum absolute atomic E-state index is 11.2. The molecule has 0 amide bonds. The van der Waals surface area contributed by atoms with E-state index in [1.807, 2.05) is 12.1 Å². The van der Waals surface area contributed by atoms with Gasteiger partial charge in [0.1, 0.15) is 17.8 Å². The number of esters is 1. The lowest BCUT2D eigenvalue weighted by molar-refractivity contribution is -0.142. The van der Waals surface area contributed by atoms with Crippen molar-refractivity contribution in [2.75, 3.05) is 13.7 Å². The number of aromatic nitrogens is 2. The van der Waals surface area contributed by atoms with Crippen molar-refractivity contribution in [2.24, 2.45) is 0 Å². The average Bonchev–Trinajstić information content (AvgIpc) is 2.72. The van der Waals surface area contributed by atoms with Crippen molar-refractivity contribution in [2.45, 2.75) is 12.8 Å². The van der Waals surface area contributed by atoms with Crippen LogP contribution in [0.2, 0.25) is 10.0 Å². The maximum Gasteiger partial charge on any atom is 0.343 e. The summed E-state index contributed by atoms with van der Waals surface area (Å²) in [5.41, 5.74) is 3.30. The van der Waals surface area contributed by atoms with Crippen LogP contribution in [0.5, 0.6) is 11.5 Å². The number of hydrogen-bond acceptors (Lipinski definition) is 6. The highest BCUT2D eigenvalue weighted by molar-refractivity contribution is 6.36. The molecular weight excluding hydrogens is 415 g/mol. The zero-order valence-corrected chi connectivity index (χ0v) is 17.1. The second-order valence-corrected chi connectivity index (χ2v) is 7.11. The van der Waals surface area contributed by atoms with Crippen molar-refractivity contribution in [3.8, 4) is 11.5 Å². The van der Waals surface area contributed by atoms with E-state index >= 15 is 0 Å². The molecule has 0 saturated carbocycles. The van der Waals surface area contributed by atoms with Gasteiger partial charge in [0, 0.05) is 35.3 Å². The van der Waals surface area contributed by atoms with Gasteiger partial charge < -0.3 is 14.6 Å². The summed E-state index contributed by atoms with van der Waals surface area (Å²) >= 11 is 12.8. The van der Waals surface area contributed by atoms with Gasteiger partial charge in [-0.15, -0.1) is 0 Å². The summed E-state index contributed by atoms with van der Waals surface area (Å²) in [5.74, 6) is 0.0766. The molecule has 0 bridgehead atoms. The van der Waals surface area contributed by atoms with Crippen molar-refractivity contribution >= 4 is 29.2 Å². The molecule has 0 atom stereocenters. The molecule has 1 heterocycles. The molecule has 150 valence electrons. The zero-order chi connectivity index (χ0) is 20.8. The SMILES string of the molecule is COC(=O)COc1cc(Cl)c(Cc2ccc(O)c(Cc3cncnc3)c2)c(Cl)c1. The van der Waals surface area contributed by atoms with Crippen LogP contribution in [-0.4, -0.2) is 34.8 Å². The lowest BCUT2D eigenvalue weighted by Gasteiger charge is -2.12. The molecule has 29 heavy (non-hydrogen) atoms. The number of methoxy groups -OCH3 is 1. The van der Waals surface area contributed by atoms with Gasteiger partial charge in [0.25, 0.3) is 0 Å². The van der Waals surface area contributed by atoms with E-state index in [4.69, 9.17) is 27.9 Å². The van der Waals surface area contributed by atoms with E-state index in [-0.39, 0.29) is 12.4 Å². The van der Waals surface area contributed by atoms with Crippen LogP contribution in [0.3, 0.4) is 0 Å². The quantitative estimate of drug-likeness (QED) is 0.562. The summed E-state index contributed by atoms with van der Waals surface area (Å²) in [4.78, 5) is 19.2. The van der Waals surface area contributed by atoms with Gasteiger partial charge in [0.05, 0.1) is 7.11 Å². The van der Waals surface area contributed by atoms with Crippen molar-refractivity contribution < 1.29 is 19.4 Å². The molecule has 6 nitrogen and oxygen atoms in total. The molecule has 2 aromatic carbocycles. The Morgan fingerprint density at radius 1 is 1.03 bits per heavy atom. The standard InChI is InChI=1S/C21H18Cl2N2O4/c1-28-21(27)11-29-16-7-18(22)17(19(23)8-16)6-13-2-3-20(26)15(4-13)5-14-9-24-12-25-10-14/h2-4,7-10,12,26H,5-6,11H2,1H3. The van der Waals surface area contributed by atoms with Gasteiger partial charge >= 0.3 is 5.97 Å². The van der Waals surface area contributed by atoms with Gasteiger partial charge in [-0.1, -0.05) is 35.3 Å². The summed E-state index contributed by atoms with van der Waals surface area (Å²) in [7, 11) is 1.28. The van der Waals surface area contributed by atoms with E-state index in [1.165, 1.54) is 13.4 Å². The first-order valence-corrected chi connectivity index (χ1v) is 9.44. The van der Waals surface area contributed by atoms with Gasteiger partial charge in [-0.25, -0.2) is 14.8 Å². The van der Waals surface area contributed by atoms with Crippen molar-refractivity contribution in [1.82, 2.24) is 9.97 Å². The molecular formula is C21H18Cl2N2O4. The molecule has 0 fully saturated rings. The first-order valence-electron chi connectivity index (χ1n) is 8.68. The summed E-state index contributed by atoms with van der Waals surface area (Å²) in [6, 6.07) is 8.57. The Balaban J connectivity index is 1.79. The molecule has 1 aromatic heterocycles. The number of carbonyl (C=O) groups is 1. The number of carbonyl (C=O) groups excluding carboxylic acids is 1. The number of hydrogen-bond donors (Lipinski definition) is 1. The largest absolute Gasteiger partial charge is 0.508 e. The number of halogens is 2. The Labute approximate surface area is 178 Å². The lowest BCUT2D eigenvalue weighted by atomic mass is 9.99. The monoisotopic (exact) mass is 432 g/mol. The van der Waals surface area contributed by atoms with Gasteiger partial charge in [-0.2, -0.15) is 0 Å². The van der Waals surface area contributed by atoms with Crippen LogP contribution in [0, 0.1) is 0 Å². The molecule has 0 spiro atoms. The number of rotatable bonds is 7. The van der Waals surface area contributed by atoms with Crippen LogP contribution < -0.4 is 4.74 Å². The Hall–Kier alpha value is -2.83. The van der Waals surface area contributed by atoms with Crippen LogP contribution in [0.4, 0.5) is 0 Å². The van der Waals surface area contributed by atoms with Crippen molar-refractivity contribution in [3.63, 3.8) is 0 Å². The Morgan fingerprint density at radius 3 is 2.38 bits per heavy atom. The second-order valence-electron chi connectivity index (χ2n) is 6.29. The Bertz CT molecular complexity index is 990. The topological polar surface area (TPSA) is 81.5 Å². The predicted molar refractivity (Wildman–Crippen MR) is 110 cm³/mol. The molecule has 1 N–H and O–H groups in total. The fraction of sp³-hybridized carbons (Fsp3) is 0.190. The minimum absolute atomic E-state index is 0.196. The minimum atomic E-state index is -0.498. The van der Waals surface area contributed by atoms with Crippen LogP contribution in [0.15, 0.2) is 49.1 Å². The van der Waals surface area contributed by atoms with Crippen LogP contribution in [0.25, 0.3) is 0 Å². The maximum atomic E-state index is 11.2. The van der Waals surface area contributed by atoms with Crippen molar-refractivity contribution in [3.05, 3.63) is 81.4 Å². The molecule has 0 unspecified atom stereocenters. The highest BCUT2D eigenvalue weighted by Crippen LogP contribution is 2.33. The first kappa shape index (κ1) is 20.9. The van der Waals surface area contributed by atoms with E-state index < -0.39 is 5.97 Å². The molecule has 3 aromatic rings. The molecule has 0 radical (unpaired) electrons. The summed E-state index contributed by atoms with van der Waals surface area (Å²) in [6.45, 7) is -0.229. The molecule has 0 aliphatic rings. The number of phenols is 1. The van der Waals surface area contributed by atoms with Gasteiger partial charge in [-0.3, -0.25) is 0 Å². The Kier molecular flexibility index (Phi) is 6.90. The smallest absolute Gasteiger partial charge is 0.343 e. The summed E-state index contributed by atoms with van der Waals surface area (Å²) in [5, 5.41) is 11.0. The number of aromatic hydroxyl groups is 1. The molecule has 8 heteroatoms. The summed E-state index contributed by atoms with van der Waals surface area (Å²) in [6.07, 6.45) is 5.85. The highest BCUT2D eigenvalue weighted by Gasteiger charge is 2.13. The van der Waals surface area contributed by atoms with E-state index in [0.29, 0.717) is 28.6 Å². The average molecular weight is 433 g/mol. The zero-order valence-electron chi connectivity index (χ0n) is 15.6. The molecule has 0 aliphatic heterocycles. The first-order chi connectivity index (χ1) is 14.0. The molecule has 0 aliphatic carbocycles. The third-order valence-electron chi connectivity index (χ3n) is 4.23. The fourth-order valence-corrected chi connectivity index (χ4v) is 3.37. The number of nitrogens with zero attached hydrogens (tertiary/aromatic N) is 2. The summed E-state index contributed by atoms with van der Waals surface area (Å²) < 4.78 is 9.88. The third kappa shape index (κ3) is 5.59. The highest BCUT2D eigenvalue weighted by atomic mass is 35.5. The van der Waals surface area contributed by atoms with Crippen LogP contribution in [0.1, 0.15) is 22.3 Å². The number of phenolic OH excluding ortho intramolecular Hbond substituents is 1. The van der Waals surface area contributed by atoms with Crippen LogP contribution >= 0.6 is 23.2 Å². The number of ether oxygens (including phenoxy) is 2. The van der Waals surface area contributed by atoms with Gasteiger partial charge in [0.2, 0.25) is 0 Å². The normalized spacial score (nSPS) is 10.6. The fourth-order valence-electron chi connectivity index (χ4n) is 2.77. The lowest BCUT2D eigenvalue weighted by Crippen LogP contribution is -2.12.